The van der Waals surface area contributed by atoms with E-state index in [0.717, 1.165) is 24.2 Å². The molecule has 0 aromatic carbocycles. The molecule has 1 aliphatic heterocycles. The number of carbonyl (C=O) groups is 4. The molecule has 0 radical (unpaired) electrons. The molecule has 26 heavy (non-hydrogen) atoms. The second kappa shape index (κ2) is 7.76. The molecule has 2 rings (SSSR count). The van der Waals surface area contributed by atoms with Crippen molar-refractivity contribution in [2.45, 2.75) is 26.2 Å². The molecule has 1 saturated heterocycles. The van der Waals surface area contributed by atoms with E-state index >= 15 is 0 Å². The zero-order chi connectivity index (χ0) is 19.4. The molecular weight excluding hydrogens is 346 g/mol. The van der Waals surface area contributed by atoms with Crippen LogP contribution in [-0.2, 0) is 19.2 Å². The fourth-order valence-electron chi connectivity index (χ4n) is 2.57. The fraction of sp³-hybridized carbons (Fsp3) is 0.467. The highest BCUT2D eigenvalue weighted by atomic mass is 16.4. The van der Waals surface area contributed by atoms with Crippen molar-refractivity contribution in [2.24, 2.45) is 0 Å². The minimum absolute atomic E-state index is 0.0898. The number of nitrogens with one attached hydrogen (secondary N) is 1. The summed E-state index contributed by atoms with van der Waals surface area (Å²) in [5.41, 5.74) is 0.432. The second-order valence-corrected chi connectivity index (χ2v) is 5.80. The van der Waals surface area contributed by atoms with Gasteiger partial charge in [-0.05, 0) is 26.2 Å². The lowest BCUT2D eigenvalue weighted by molar-refractivity contribution is -0.148. The zero-order valence-corrected chi connectivity index (χ0v) is 14.4. The first-order valence-electron chi connectivity index (χ1n) is 7.91. The Kier molecular flexibility index (Phi) is 5.70. The third kappa shape index (κ3) is 4.05. The first kappa shape index (κ1) is 19.1. The van der Waals surface area contributed by atoms with Crippen LogP contribution >= 0.6 is 0 Å². The lowest BCUT2D eigenvalue weighted by Gasteiger charge is -2.30. The molecule has 0 saturated carbocycles. The SMILES string of the molecule is Cc1c(NC(=O)C(=O)O)nc(N(C)C(=O)C(=O)O)nc1N1CCCCC1. The van der Waals surface area contributed by atoms with E-state index in [0.29, 0.717) is 24.5 Å². The van der Waals surface area contributed by atoms with Gasteiger partial charge < -0.3 is 20.4 Å². The Morgan fingerprint density at radius 2 is 1.65 bits per heavy atom. The van der Waals surface area contributed by atoms with Crippen LogP contribution in [0.25, 0.3) is 0 Å². The average molecular weight is 365 g/mol. The zero-order valence-electron chi connectivity index (χ0n) is 14.4. The summed E-state index contributed by atoms with van der Waals surface area (Å²) in [5, 5.41) is 19.8. The highest BCUT2D eigenvalue weighted by Gasteiger charge is 2.26. The number of carboxylic acids is 2. The van der Waals surface area contributed by atoms with Gasteiger partial charge >= 0.3 is 23.8 Å². The number of carboxylic acid groups (broad SMARTS) is 2. The molecule has 1 fully saturated rings. The van der Waals surface area contributed by atoms with Gasteiger partial charge in [0.15, 0.2) is 0 Å². The largest absolute Gasteiger partial charge is 0.474 e. The molecule has 0 atom stereocenters. The van der Waals surface area contributed by atoms with Crippen LogP contribution in [-0.4, -0.2) is 64.1 Å². The molecule has 3 N–H and O–H groups in total. The van der Waals surface area contributed by atoms with Crippen molar-refractivity contribution in [1.29, 1.82) is 0 Å². The standard InChI is InChI=1S/C15H19N5O6/c1-8-9(16-11(21)13(23)24)17-15(19(2)12(22)14(25)26)18-10(8)20-6-4-3-5-7-20/h3-7H2,1-2H3,(H,23,24)(H,25,26)(H,16,17,18,21). The van der Waals surface area contributed by atoms with Crippen LogP contribution in [0.1, 0.15) is 24.8 Å². The Labute approximate surface area is 148 Å². The molecule has 0 aliphatic carbocycles. The summed E-state index contributed by atoms with van der Waals surface area (Å²) >= 11 is 0. The predicted octanol–water partition coefficient (Wildman–Crippen LogP) is -0.154. The van der Waals surface area contributed by atoms with E-state index in [4.69, 9.17) is 10.2 Å². The first-order valence-corrected chi connectivity index (χ1v) is 7.91. The third-order valence-corrected chi connectivity index (χ3v) is 3.98. The lowest BCUT2D eigenvalue weighted by atomic mass is 10.1. The van der Waals surface area contributed by atoms with E-state index < -0.39 is 23.8 Å². The quantitative estimate of drug-likeness (QED) is 0.620. The van der Waals surface area contributed by atoms with Crippen molar-refractivity contribution >= 4 is 41.3 Å². The Morgan fingerprint density at radius 3 is 2.19 bits per heavy atom. The number of rotatable bonds is 3. The summed E-state index contributed by atoms with van der Waals surface area (Å²) in [6.45, 7) is 3.00. The van der Waals surface area contributed by atoms with Gasteiger partial charge in [0.25, 0.3) is 0 Å². The number of amides is 2. The second-order valence-electron chi connectivity index (χ2n) is 5.80. The lowest BCUT2D eigenvalue weighted by Crippen LogP contribution is -2.36. The Balaban J connectivity index is 2.50. The summed E-state index contributed by atoms with van der Waals surface area (Å²) in [6.07, 6.45) is 2.92. The third-order valence-electron chi connectivity index (χ3n) is 3.98. The topological polar surface area (TPSA) is 153 Å². The van der Waals surface area contributed by atoms with Gasteiger partial charge in [0.2, 0.25) is 5.95 Å². The Morgan fingerprint density at radius 1 is 1.04 bits per heavy atom. The van der Waals surface area contributed by atoms with Crippen LogP contribution < -0.4 is 15.1 Å². The summed E-state index contributed by atoms with van der Waals surface area (Å²) in [6, 6.07) is 0. The van der Waals surface area contributed by atoms with E-state index in [1.54, 1.807) is 6.92 Å². The first-order chi connectivity index (χ1) is 12.2. The summed E-state index contributed by atoms with van der Waals surface area (Å²) in [7, 11) is 1.18. The molecule has 1 aromatic heterocycles. The summed E-state index contributed by atoms with van der Waals surface area (Å²) in [4.78, 5) is 55.8. The maximum atomic E-state index is 11.7. The number of carbonyl (C=O) groups excluding carboxylic acids is 2. The molecule has 2 heterocycles. The maximum absolute atomic E-state index is 11.7. The fourth-order valence-corrected chi connectivity index (χ4v) is 2.57. The van der Waals surface area contributed by atoms with Gasteiger partial charge in [0.05, 0.1) is 0 Å². The average Bonchev–Trinajstić information content (AvgIpc) is 2.62. The van der Waals surface area contributed by atoms with E-state index in [1.165, 1.54) is 7.05 Å². The van der Waals surface area contributed by atoms with Crippen LogP contribution in [0.3, 0.4) is 0 Å². The Bertz CT molecular complexity index is 759. The number of aliphatic carboxylic acids is 2. The van der Waals surface area contributed by atoms with Crippen LogP contribution in [0.5, 0.6) is 0 Å². The van der Waals surface area contributed by atoms with Crippen LogP contribution in [0.15, 0.2) is 0 Å². The molecule has 2 amide bonds. The molecule has 0 bridgehead atoms. The monoisotopic (exact) mass is 365 g/mol. The van der Waals surface area contributed by atoms with Gasteiger partial charge in [-0.3, -0.25) is 14.5 Å². The van der Waals surface area contributed by atoms with E-state index in [1.807, 2.05) is 4.90 Å². The van der Waals surface area contributed by atoms with Gasteiger partial charge in [-0.25, -0.2) is 9.59 Å². The minimum Gasteiger partial charge on any atom is -0.474 e. The van der Waals surface area contributed by atoms with Crippen molar-refractivity contribution in [3.63, 3.8) is 0 Å². The van der Waals surface area contributed by atoms with Crippen molar-refractivity contribution in [3.05, 3.63) is 5.56 Å². The van der Waals surface area contributed by atoms with E-state index in [9.17, 15) is 19.2 Å². The number of hydrogen-bond donors (Lipinski definition) is 3. The molecule has 140 valence electrons. The normalized spacial score (nSPS) is 13.8. The van der Waals surface area contributed by atoms with Crippen molar-refractivity contribution in [3.8, 4) is 0 Å². The van der Waals surface area contributed by atoms with Crippen molar-refractivity contribution in [2.75, 3.05) is 35.3 Å². The number of aromatic nitrogens is 2. The van der Waals surface area contributed by atoms with E-state index in [-0.39, 0.29) is 11.8 Å². The number of anilines is 3. The van der Waals surface area contributed by atoms with Gasteiger partial charge in [0.1, 0.15) is 11.6 Å². The predicted molar refractivity (Wildman–Crippen MR) is 90.1 cm³/mol. The van der Waals surface area contributed by atoms with Crippen LogP contribution in [0, 0.1) is 6.92 Å². The molecule has 0 unspecified atom stereocenters. The molecular formula is C15H19N5O6. The summed E-state index contributed by atoms with van der Waals surface area (Å²) < 4.78 is 0. The highest BCUT2D eigenvalue weighted by molar-refractivity contribution is 6.37. The van der Waals surface area contributed by atoms with E-state index in [2.05, 4.69) is 15.3 Å². The Hall–Kier alpha value is -3.24. The summed E-state index contributed by atoms with van der Waals surface area (Å²) in [5.74, 6) is -5.85. The van der Waals surface area contributed by atoms with Gasteiger partial charge in [-0.1, -0.05) is 0 Å². The van der Waals surface area contributed by atoms with Crippen molar-refractivity contribution in [1.82, 2.24) is 9.97 Å². The van der Waals surface area contributed by atoms with Crippen LogP contribution in [0.4, 0.5) is 17.6 Å². The van der Waals surface area contributed by atoms with Gasteiger partial charge in [0, 0.05) is 25.7 Å². The number of nitrogens with zero attached hydrogens (tertiary/aromatic N) is 4. The number of hydrogen-bond acceptors (Lipinski definition) is 7. The van der Waals surface area contributed by atoms with Gasteiger partial charge in [-0.2, -0.15) is 9.97 Å². The maximum Gasteiger partial charge on any atom is 0.395 e. The van der Waals surface area contributed by atoms with Crippen LogP contribution in [0.2, 0.25) is 0 Å². The number of piperidine rings is 1. The molecule has 11 heteroatoms. The molecule has 11 nitrogen and oxygen atoms in total. The minimum atomic E-state index is -1.70. The number of likely N-dealkylation sites (N-methyl/N-ethyl adjacent to an activating group) is 1. The molecule has 1 aliphatic rings. The smallest absolute Gasteiger partial charge is 0.395 e. The van der Waals surface area contributed by atoms with Gasteiger partial charge in [-0.15, -0.1) is 0 Å². The molecule has 0 spiro atoms. The highest BCUT2D eigenvalue weighted by Crippen LogP contribution is 2.28. The molecule has 1 aromatic rings. The van der Waals surface area contributed by atoms with Crippen molar-refractivity contribution < 1.29 is 29.4 Å².